The second-order valence-electron chi connectivity index (χ2n) is 7.17. The van der Waals surface area contributed by atoms with Crippen LogP contribution in [0.2, 0.25) is 5.02 Å². The molecule has 2 fully saturated rings. The summed E-state index contributed by atoms with van der Waals surface area (Å²) in [7, 11) is 0. The summed E-state index contributed by atoms with van der Waals surface area (Å²) < 4.78 is 0. The molecule has 26 heavy (non-hydrogen) atoms. The molecule has 0 N–H and O–H groups in total. The van der Waals surface area contributed by atoms with Gasteiger partial charge in [0.05, 0.1) is 0 Å². The lowest BCUT2D eigenvalue weighted by Crippen LogP contribution is -2.47. The van der Waals surface area contributed by atoms with Crippen molar-refractivity contribution < 1.29 is 0 Å². The minimum absolute atomic E-state index is 0.794. The highest BCUT2D eigenvalue weighted by molar-refractivity contribution is 6.30. The van der Waals surface area contributed by atoms with E-state index in [9.17, 15) is 0 Å². The van der Waals surface area contributed by atoms with Gasteiger partial charge in [-0.2, -0.15) is 4.98 Å². The van der Waals surface area contributed by atoms with Gasteiger partial charge in [-0.1, -0.05) is 17.7 Å². The number of hydrogen-bond acceptors (Lipinski definition) is 5. The first-order valence-corrected chi connectivity index (χ1v) is 9.93. The third kappa shape index (κ3) is 3.88. The van der Waals surface area contributed by atoms with E-state index < -0.39 is 0 Å². The van der Waals surface area contributed by atoms with Gasteiger partial charge < -0.3 is 14.7 Å². The molecule has 0 radical (unpaired) electrons. The van der Waals surface area contributed by atoms with E-state index in [1.54, 1.807) is 0 Å². The maximum Gasteiger partial charge on any atom is 0.227 e. The van der Waals surface area contributed by atoms with E-state index in [0.29, 0.717) is 0 Å². The van der Waals surface area contributed by atoms with E-state index in [0.717, 1.165) is 61.8 Å². The number of aromatic nitrogens is 2. The van der Waals surface area contributed by atoms with Crippen LogP contribution < -0.4 is 14.7 Å². The Morgan fingerprint density at radius 1 is 0.808 bits per heavy atom. The molecule has 1 aromatic heterocycles. The van der Waals surface area contributed by atoms with Gasteiger partial charge in [-0.25, -0.2) is 4.98 Å². The van der Waals surface area contributed by atoms with E-state index in [1.807, 2.05) is 18.2 Å². The zero-order valence-electron chi connectivity index (χ0n) is 15.4. The fraction of sp³-hybridized carbons (Fsp3) is 0.500. The summed E-state index contributed by atoms with van der Waals surface area (Å²) in [5, 5.41) is 0.794. The van der Waals surface area contributed by atoms with Gasteiger partial charge in [-0.3, -0.25) is 0 Å². The number of nitrogens with zero attached hydrogens (tertiary/aromatic N) is 5. The lowest BCUT2D eigenvalue weighted by molar-refractivity contribution is 0.566. The van der Waals surface area contributed by atoms with Crippen LogP contribution in [0.4, 0.5) is 17.5 Å². The summed E-state index contributed by atoms with van der Waals surface area (Å²) in [5.74, 6) is 1.96. The minimum Gasteiger partial charge on any atom is -0.368 e. The van der Waals surface area contributed by atoms with Crippen molar-refractivity contribution in [2.45, 2.75) is 26.2 Å². The second kappa shape index (κ2) is 7.70. The fourth-order valence-electron chi connectivity index (χ4n) is 3.80. The van der Waals surface area contributed by atoms with Crippen molar-refractivity contribution in [1.29, 1.82) is 0 Å². The average Bonchev–Trinajstić information content (AvgIpc) is 2.68. The van der Waals surface area contributed by atoms with Gasteiger partial charge in [-0.05, 0) is 44.4 Å². The highest BCUT2D eigenvalue weighted by Crippen LogP contribution is 2.24. The highest BCUT2D eigenvalue weighted by Gasteiger charge is 2.21. The quantitative estimate of drug-likeness (QED) is 0.821. The Morgan fingerprint density at radius 2 is 1.54 bits per heavy atom. The standard InChI is InChI=1S/C20H26ClN5/c1-16-14-19(23-20(22-16)26-8-3-2-4-9-26)25-12-10-24(11-13-25)18-7-5-6-17(21)15-18/h5-7,14-15H,2-4,8-13H2,1H3. The Kier molecular flexibility index (Phi) is 5.16. The number of rotatable bonds is 3. The van der Waals surface area contributed by atoms with Crippen LogP contribution in [0.1, 0.15) is 25.0 Å². The van der Waals surface area contributed by atoms with Gasteiger partial charge in [0, 0.05) is 61.7 Å². The molecule has 2 aromatic rings. The van der Waals surface area contributed by atoms with E-state index in [1.165, 1.54) is 24.9 Å². The zero-order valence-corrected chi connectivity index (χ0v) is 16.1. The number of halogens is 1. The van der Waals surface area contributed by atoms with Gasteiger partial charge >= 0.3 is 0 Å². The van der Waals surface area contributed by atoms with Gasteiger partial charge in [0.2, 0.25) is 5.95 Å². The number of hydrogen-bond donors (Lipinski definition) is 0. The number of piperidine rings is 1. The molecule has 3 heterocycles. The Morgan fingerprint density at radius 3 is 2.27 bits per heavy atom. The summed E-state index contributed by atoms with van der Waals surface area (Å²) in [5.41, 5.74) is 2.25. The molecule has 4 rings (SSSR count). The molecule has 0 spiro atoms. The van der Waals surface area contributed by atoms with Crippen LogP contribution in [0.3, 0.4) is 0 Å². The van der Waals surface area contributed by atoms with Gasteiger partial charge in [0.1, 0.15) is 5.82 Å². The number of anilines is 3. The van der Waals surface area contributed by atoms with Crippen LogP contribution in [-0.4, -0.2) is 49.2 Å². The van der Waals surface area contributed by atoms with Crippen LogP contribution in [0, 0.1) is 6.92 Å². The largest absolute Gasteiger partial charge is 0.368 e. The third-order valence-corrected chi connectivity index (χ3v) is 5.48. The zero-order chi connectivity index (χ0) is 17.9. The average molecular weight is 372 g/mol. The summed E-state index contributed by atoms with van der Waals surface area (Å²) >= 11 is 6.14. The first-order chi connectivity index (χ1) is 12.7. The Labute approximate surface area is 160 Å². The van der Waals surface area contributed by atoms with Crippen LogP contribution in [0.5, 0.6) is 0 Å². The van der Waals surface area contributed by atoms with Gasteiger partial charge in [0.25, 0.3) is 0 Å². The Bertz CT molecular complexity index is 752. The normalized spacial score (nSPS) is 18.3. The van der Waals surface area contributed by atoms with E-state index >= 15 is 0 Å². The Balaban J connectivity index is 1.46. The van der Waals surface area contributed by atoms with Crippen molar-refractivity contribution in [2.24, 2.45) is 0 Å². The first-order valence-electron chi connectivity index (χ1n) is 9.55. The SMILES string of the molecule is Cc1cc(N2CCN(c3cccc(Cl)c3)CC2)nc(N2CCCCC2)n1. The Hall–Kier alpha value is -2.01. The molecule has 6 heteroatoms. The maximum atomic E-state index is 6.14. The summed E-state index contributed by atoms with van der Waals surface area (Å²) in [6, 6.07) is 10.2. The van der Waals surface area contributed by atoms with Crippen molar-refractivity contribution in [1.82, 2.24) is 9.97 Å². The molecular formula is C20H26ClN5. The minimum atomic E-state index is 0.794. The molecule has 0 atom stereocenters. The predicted molar refractivity (Wildman–Crippen MR) is 109 cm³/mol. The highest BCUT2D eigenvalue weighted by atomic mass is 35.5. The van der Waals surface area contributed by atoms with Crippen LogP contribution in [0.25, 0.3) is 0 Å². The molecule has 0 saturated carbocycles. The smallest absolute Gasteiger partial charge is 0.227 e. The molecule has 138 valence electrons. The van der Waals surface area contributed by atoms with Gasteiger partial charge in [-0.15, -0.1) is 0 Å². The van der Waals surface area contributed by atoms with E-state index in [-0.39, 0.29) is 0 Å². The number of aryl methyl sites for hydroxylation is 1. The third-order valence-electron chi connectivity index (χ3n) is 5.24. The van der Waals surface area contributed by atoms with Crippen molar-refractivity contribution >= 4 is 29.1 Å². The molecule has 0 bridgehead atoms. The van der Waals surface area contributed by atoms with Crippen molar-refractivity contribution in [2.75, 3.05) is 54.0 Å². The maximum absolute atomic E-state index is 6.14. The molecule has 2 aliphatic heterocycles. The molecule has 0 amide bonds. The lowest BCUT2D eigenvalue weighted by atomic mass is 10.1. The molecule has 5 nitrogen and oxygen atoms in total. The van der Waals surface area contributed by atoms with Crippen LogP contribution >= 0.6 is 11.6 Å². The van der Waals surface area contributed by atoms with Gasteiger partial charge in [0.15, 0.2) is 0 Å². The molecule has 0 unspecified atom stereocenters. The topological polar surface area (TPSA) is 35.5 Å². The molecular weight excluding hydrogens is 346 g/mol. The number of benzene rings is 1. The summed E-state index contributed by atoms with van der Waals surface area (Å²) in [4.78, 5) is 16.7. The monoisotopic (exact) mass is 371 g/mol. The molecule has 2 saturated heterocycles. The van der Waals surface area contributed by atoms with Crippen molar-refractivity contribution in [3.63, 3.8) is 0 Å². The second-order valence-corrected chi connectivity index (χ2v) is 7.61. The first kappa shape index (κ1) is 17.4. The fourth-order valence-corrected chi connectivity index (χ4v) is 3.99. The van der Waals surface area contributed by atoms with Crippen molar-refractivity contribution in [3.05, 3.63) is 41.0 Å². The lowest BCUT2D eigenvalue weighted by Gasteiger charge is -2.37. The number of piperazine rings is 1. The molecule has 0 aliphatic carbocycles. The summed E-state index contributed by atoms with van der Waals surface area (Å²) in [6.07, 6.45) is 3.80. The summed E-state index contributed by atoms with van der Waals surface area (Å²) in [6.45, 7) is 8.09. The van der Waals surface area contributed by atoms with E-state index in [4.69, 9.17) is 16.6 Å². The molecule has 2 aliphatic rings. The predicted octanol–water partition coefficient (Wildman–Crippen LogP) is 3.76. The van der Waals surface area contributed by atoms with Crippen LogP contribution in [0.15, 0.2) is 30.3 Å². The van der Waals surface area contributed by atoms with Crippen LogP contribution in [-0.2, 0) is 0 Å². The van der Waals surface area contributed by atoms with E-state index in [2.05, 4.69) is 38.7 Å². The molecule has 1 aromatic carbocycles. The van der Waals surface area contributed by atoms with Crippen molar-refractivity contribution in [3.8, 4) is 0 Å².